The Balaban J connectivity index is 2.06. The highest BCUT2D eigenvalue weighted by molar-refractivity contribution is 5.09. The van der Waals surface area contributed by atoms with E-state index in [0.29, 0.717) is 12.3 Å². The largest absolute Gasteiger partial charge is 0.492 e. The highest BCUT2D eigenvalue weighted by Gasteiger charge is 2.19. The van der Waals surface area contributed by atoms with Gasteiger partial charge in [-0.2, -0.15) is 4.39 Å². The minimum Gasteiger partial charge on any atom is -0.492 e. The van der Waals surface area contributed by atoms with Gasteiger partial charge in [-0.05, 0) is 18.3 Å². The van der Waals surface area contributed by atoms with Crippen LogP contribution in [-0.4, -0.2) is 14.7 Å². The van der Waals surface area contributed by atoms with Crippen LogP contribution < -0.4 is 11.2 Å². The second-order valence-corrected chi connectivity index (χ2v) is 5.46. The van der Waals surface area contributed by atoms with Crippen LogP contribution in [0.1, 0.15) is 39.0 Å². The molecule has 2 N–H and O–H groups in total. The smallest absolute Gasteiger partial charge is 0.331 e. The molecule has 0 atom stereocenters. The third-order valence-electron chi connectivity index (χ3n) is 4.01. The third-order valence-corrected chi connectivity index (χ3v) is 4.01. The highest BCUT2D eigenvalue weighted by atomic mass is 19.1. The molecule has 106 valence electrons. The molecule has 19 heavy (non-hydrogen) atoms. The van der Waals surface area contributed by atoms with Crippen LogP contribution in [0.3, 0.4) is 0 Å². The van der Waals surface area contributed by atoms with Gasteiger partial charge < -0.3 is 5.11 Å². The molecule has 2 rings (SSSR count). The first-order valence-electron chi connectivity index (χ1n) is 6.70. The summed E-state index contributed by atoms with van der Waals surface area (Å²) in [6, 6.07) is 0. The van der Waals surface area contributed by atoms with Crippen molar-refractivity contribution in [2.24, 2.45) is 11.8 Å². The number of H-pyrrole nitrogens is 1. The number of aromatic amines is 1. The zero-order valence-corrected chi connectivity index (χ0v) is 11.0. The highest BCUT2D eigenvalue weighted by Crippen LogP contribution is 2.30. The van der Waals surface area contributed by atoms with Crippen LogP contribution in [0.5, 0.6) is 5.88 Å². The minimum absolute atomic E-state index is 0.234. The maximum atomic E-state index is 13.2. The lowest BCUT2D eigenvalue weighted by Crippen LogP contribution is -2.32. The fraction of sp³-hybridized carbons (Fsp3) is 0.692. The summed E-state index contributed by atoms with van der Waals surface area (Å²) >= 11 is 0. The van der Waals surface area contributed by atoms with E-state index in [4.69, 9.17) is 0 Å². The first-order valence-corrected chi connectivity index (χ1v) is 6.70. The van der Waals surface area contributed by atoms with Crippen molar-refractivity contribution >= 4 is 0 Å². The van der Waals surface area contributed by atoms with Crippen molar-refractivity contribution < 1.29 is 9.50 Å². The van der Waals surface area contributed by atoms with Gasteiger partial charge in [-0.15, -0.1) is 0 Å². The molecular weight excluding hydrogens is 251 g/mol. The van der Waals surface area contributed by atoms with E-state index >= 15 is 0 Å². The van der Waals surface area contributed by atoms with Crippen LogP contribution in [-0.2, 0) is 6.54 Å². The number of hydrogen-bond acceptors (Lipinski definition) is 3. The summed E-state index contributed by atoms with van der Waals surface area (Å²) in [5.74, 6) is -0.912. The van der Waals surface area contributed by atoms with Gasteiger partial charge in [0.25, 0.3) is 5.56 Å². The zero-order valence-electron chi connectivity index (χ0n) is 11.0. The third kappa shape index (κ3) is 3.05. The molecule has 0 bridgehead atoms. The molecule has 0 unspecified atom stereocenters. The summed E-state index contributed by atoms with van der Waals surface area (Å²) in [6.07, 6.45) is 5.26. The first kappa shape index (κ1) is 13.8. The molecule has 0 saturated heterocycles. The van der Waals surface area contributed by atoms with Crippen LogP contribution >= 0.6 is 0 Å². The van der Waals surface area contributed by atoms with Crippen LogP contribution in [0.4, 0.5) is 4.39 Å². The van der Waals surface area contributed by atoms with Crippen molar-refractivity contribution in [3.8, 4) is 5.88 Å². The van der Waals surface area contributed by atoms with E-state index in [9.17, 15) is 19.1 Å². The predicted molar refractivity (Wildman–Crippen MR) is 68.7 cm³/mol. The number of nitrogens with one attached hydrogen (secondary N) is 1. The van der Waals surface area contributed by atoms with Gasteiger partial charge in [-0.25, -0.2) is 4.79 Å². The molecule has 0 aliphatic heterocycles. The molecular formula is C13H19FN2O3. The van der Waals surface area contributed by atoms with Crippen molar-refractivity contribution in [2.75, 3.05) is 0 Å². The Morgan fingerprint density at radius 3 is 2.58 bits per heavy atom. The van der Waals surface area contributed by atoms with Gasteiger partial charge in [0.05, 0.1) is 0 Å². The molecule has 0 spiro atoms. The summed E-state index contributed by atoms with van der Waals surface area (Å²) in [7, 11) is 0. The van der Waals surface area contributed by atoms with E-state index in [-0.39, 0.29) is 6.54 Å². The van der Waals surface area contributed by atoms with Crippen molar-refractivity contribution in [1.82, 2.24) is 9.55 Å². The van der Waals surface area contributed by atoms with Gasteiger partial charge in [0.1, 0.15) is 0 Å². The topological polar surface area (TPSA) is 75.1 Å². The number of rotatable bonds is 3. The second kappa shape index (κ2) is 5.59. The van der Waals surface area contributed by atoms with Gasteiger partial charge in [-0.3, -0.25) is 14.3 Å². The minimum atomic E-state index is -1.29. The molecule has 1 aromatic rings. The molecule has 1 heterocycles. The quantitative estimate of drug-likeness (QED) is 0.876. The average Bonchev–Trinajstić information content (AvgIpc) is 2.38. The molecule has 6 heteroatoms. The lowest BCUT2D eigenvalue weighted by atomic mass is 9.81. The van der Waals surface area contributed by atoms with Gasteiger partial charge in [0.2, 0.25) is 11.7 Å². The van der Waals surface area contributed by atoms with E-state index in [1.54, 1.807) is 0 Å². The Bertz CT molecular complexity index is 556. The van der Waals surface area contributed by atoms with Crippen LogP contribution in [0.2, 0.25) is 0 Å². The summed E-state index contributed by atoms with van der Waals surface area (Å²) < 4.78 is 14.1. The van der Waals surface area contributed by atoms with Gasteiger partial charge >= 0.3 is 5.69 Å². The summed E-state index contributed by atoms with van der Waals surface area (Å²) in [6.45, 7) is 2.46. The summed E-state index contributed by atoms with van der Waals surface area (Å²) in [5.41, 5.74) is -1.93. The lowest BCUT2D eigenvalue weighted by molar-refractivity contribution is 0.260. The fourth-order valence-electron chi connectivity index (χ4n) is 2.67. The molecule has 1 aromatic heterocycles. The van der Waals surface area contributed by atoms with Crippen molar-refractivity contribution in [3.05, 3.63) is 26.7 Å². The van der Waals surface area contributed by atoms with Crippen molar-refractivity contribution in [3.63, 3.8) is 0 Å². The monoisotopic (exact) mass is 270 g/mol. The molecule has 1 saturated carbocycles. The van der Waals surface area contributed by atoms with E-state index in [1.807, 2.05) is 4.98 Å². The fourth-order valence-corrected chi connectivity index (χ4v) is 2.67. The van der Waals surface area contributed by atoms with Gasteiger partial charge in [-0.1, -0.05) is 32.6 Å². The SMILES string of the molecule is CC1CCC(CCn2c(O)c(F)c(=O)[nH]c2=O)CC1. The Morgan fingerprint density at radius 1 is 1.32 bits per heavy atom. The Kier molecular flexibility index (Phi) is 4.07. The van der Waals surface area contributed by atoms with Crippen LogP contribution in [0.25, 0.3) is 0 Å². The Hall–Kier alpha value is -1.59. The summed E-state index contributed by atoms with van der Waals surface area (Å²) in [5, 5.41) is 9.50. The van der Waals surface area contributed by atoms with Gasteiger partial charge in [0, 0.05) is 6.54 Å². The number of aromatic hydroxyl groups is 1. The van der Waals surface area contributed by atoms with E-state index < -0.39 is 22.9 Å². The molecule has 0 aromatic carbocycles. The number of aromatic nitrogens is 2. The number of halogens is 1. The number of hydrogen-bond donors (Lipinski definition) is 2. The first-order chi connectivity index (χ1) is 8.99. The lowest BCUT2D eigenvalue weighted by Gasteiger charge is -2.26. The molecule has 5 nitrogen and oxygen atoms in total. The van der Waals surface area contributed by atoms with Crippen LogP contribution in [0.15, 0.2) is 9.59 Å². The molecule has 1 aliphatic rings. The van der Waals surface area contributed by atoms with Crippen molar-refractivity contribution in [1.29, 1.82) is 0 Å². The maximum Gasteiger partial charge on any atom is 0.331 e. The maximum absolute atomic E-state index is 13.2. The van der Waals surface area contributed by atoms with Gasteiger partial charge in [0.15, 0.2) is 0 Å². The molecule has 1 fully saturated rings. The Labute approximate surface area is 110 Å². The Morgan fingerprint density at radius 2 is 1.95 bits per heavy atom. The standard InChI is InChI=1S/C13H19FN2O3/c1-8-2-4-9(5-3-8)6-7-16-12(18)10(14)11(17)15-13(16)19/h8-9,18H,2-7H2,1H3,(H,15,17,19). The normalized spacial score (nSPS) is 23.5. The number of nitrogens with zero attached hydrogens (tertiary/aromatic N) is 1. The van der Waals surface area contributed by atoms with E-state index in [2.05, 4.69) is 6.92 Å². The molecule has 0 amide bonds. The second-order valence-electron chi connectivity index (χ2n) is 5.46. The van der Waals surface area contributed by atoms with E-state index in [1.165, 1.54) is 12.8 Å². The summed E-state index contributed by atoms with van der Waals surface area (Å²) in [4.78, 5) is 24.3. The predicted octanol–water partition coefficient (Wildman–Crippen LogP) is 1.60. The average molecular weight is 270 g/mol. The van der Waals surface area contributed by atoms with Crippen molar-refractivity contribution in [2.45, 2.75) is 45.6 Å². The van der Waals surface area contributed by atoms with E-state index in [0.717, 1.165) is 23.3 Å². The zero-order chi connectivity index (χ0) is 14.0. The molecule has 0 radical (unpaired) electrons. The van der Waals surface area contributed by atoms with Crippen LogP contribution in [0, 0.1) is 17.7 Å². The molecule has 1 aliphatic carbocycles.